The third-order valence-electron chi connectivity index (χ3n) is 4.24. The summed E-state index contributed by atoms with van der Waals surface area (Å²) < 4.78 is 30.9. The zero-order valence-corrected chi connectivity index (χ0v) is 15.7. The Hall–Kier alpha value is -2.28. The highest BCUT2D eigenvalue weighted by Gasteiger charge is 2.31. The molecule has 0 spiro atoms. The first-order chi connectivity index (χ1) is 12.3. The Balaban J connectivity index is 1.90. The van der Waals surface area contributed by atoms with Crippen molar-refractivity contribution in [1.29, 1.82) is 0 Å². The molecule has 3 aromatic carbocycles. The van der Waals surface area contributed by atoms with Crippen molar-refractivity contribution in [2.75, 3.05) is 11.9 Å². The van der Waals surface area contributed by atoms with Crippen LogP contribution in [0.15, 0.2) is 53.4 Å². The van der Waals surface area contributed by atoms with Gasteiger partial charge in [-0.15, -0.1) is 0 Å². The van der Waals surface area contributed by atoms with E-state index in [0.29, 0.717) is 27.0 Å². The number of halogens is 2. The molecule has 8 heteroatoms. The van der Waals surface area contributed by atoms with Gasteiger partial charge in [-0.3, -0.25) is 4.79 Å². The molecule has 1 aliphatic heterocycles. The van der Waals surface area contributed by atoms with Crippen molar-refractivity contribution in [2.24, 2.45) is 0 Å². The summed E-state index contributed by atoms with van der Waals surface area (Å²) in [6.07, 6.45) is 0. The highest BCUT2D eigenvalue weighted by Crippen LogP contribution is 2.40. The molecule has 0 bridgehead atoms. The van der Waals surface area contributed by atoms with Gasteiger partial charge < -0.3 is 9.08 Å². The lowest BCUT2D eigenvalue weighted by molar-refractivity contribution is 0.0999. The summed E-state index contributed by atoms with van der Waals surface area (Å²) in [5.41, 5.74) is 1.11. The first-order valence-corrected chi connectivity index (χ1v) is 9.69. The summed E-state index contributed by atoms with van der Waals surface area (Å²) in [4.78, 5) is 13.8. The van der Waals surface area contributed by atoms with E-state index >= 15 is 0 Å². The van der Waals surface area contributed by atoms with Crippen LogP contribution in [0.5, 0.6) is 5.75 Å². The predicted octanol–water partition coefficient (Wildman–Crippen LogP) is 4.50. The quantitative estimate of drug-likeness (QED) is 0.599. The highest BCUT2D eigenvalue weighted by molar-refractivity contribution is 7.87. The minimum absolute atomic E-state index is 0.0442. The van der Waals surface area contributed by atoms with Crippen LogP contribution in [-0.2, 0) is 10.1 Å². The molecule has 0 atom stereocenters. The molecule has 0 fully saturated rings. The number of rotatable bonds is 3. The van der Waals surface area contributed by atoms with E-state index in [-0.39, 0.29) is 21.6 Å². The van der Waals surface area contributed by atoms with E-state index in [0.717, 1.165) is 0 Å². The number of nitrogens with zero attached hydrogens (tertiary/aromatic N) is 1. The van der Waals surface area contributed by atoms with Crippen molar-refractivity contribution < 1.29 is 17.4 Å². The average Bonchev–Trinajstić information content (AvgIpc) is 2.85. The second kappa shape index (κ2) is 5.87. The van der Waals surface area contributed by atoms with Gasteiger partial charge in [0.2, 0.25) is 0 Å². The van der Waals surface area contributed by atoms with Gasteiger partial charge >= 0.3 is 10.1 Å². The molecule has 1 amide bonds. The van der Waals surface area contributed by atoms with Crippen molar-refractivity contribution in [1.82, 2.24) is 0 Å². The fraction of sp³-hybridized carbons (Fsp3) is 0.0556. The van der Waals surface area contributed by atoms with E-state index in [9.17, 15) is 13.2 Å². The minimum atomic E-state index is -4.19. The lowest BCUT2D eigenvalue weighted by Crippen LogP contribution is -2.20. The van der Waals surface area contributed by atoms with Gasteiger partial charge in [0.05, 0.1) is 10.7 Å². The fourth-order valence-electron chi connectivity index (χ4n) is 3.03. The summed E-state index contributed by atoms with van der Waals surface area (Å²) in [5, 5.41) is 1.42. The molecule has 132 valence electrons. The molecule has 0 aliphatic carbocycles. The summed E-state index contributed by atoms with van der Waals surface area (Å²) >= 11 is 11.9. The molecule has 0 saturated carbocycles. The van der Waals surface area contributed by atoms with Crippen LogP contribution in [0.25, 0.3) is 10.8 Å². The van der Waals surface area contributed by atoms with Gasteiger partial charge in [-0.05, 0) is 30.3 Å². The zero-order valence-electron chi connectivity index (χ0n) is 13.4. The second-order valence-corrected chi connectivity index (χ2v) is 8.15. The second-order valence-electron chi connectivity index (χ2n) is 5.79. The van der Waals surface area contributed by atoms with E-state index in [1.165, 1.54) is 29.2 Å². The van der Waals surface area contributed by atoms with Crippen molar-refractivity contribution in [2.45, 2.75) is 4.90 Å². The molecular formula is C18H11Cl2NO4S. The van der Waals surface area contributed by atoms with E-state index in [4.69, 9.17) is 27.4 Å². The average molecular weight is 408 g/mol. The zero-order chi connectivity index (χ0) is 18.6. The van der Waals surface area contributed by atoms with Gasteiger partial charge in [0, 0.05) is 34.5 Å². The fourth-order valence-corrected chi connectivity index (χ4v) is 4.53. The molecule has 1 aliphatic rings. The van der Waals surface area contributed by atoms with Crippen LogP contribution < -0.4 is 9.08 Å². The summed E-state index contributed by atoms with van der Waals surface area (Å²) in [6, 6.07) is 12.3. The van der Waals surface area contributed by atoms with E-state index in [2.05, 4.69) is 0 Å². The number of carbonyl (C=O) groups is 1. The number of hydrogen-bond acceptors (Lipinski definition) is 4. The van der Waals surface area contributed by atoms with Crippen molar-refractivity contribution >= 4 is 55.7 Å². The monoisotopic (exact) mass is 407 g/mol. The third-order valence-corrected chi connectivity index (χ3v) is 6.08. The van der Waals surface area contributed by atoms with Crippen LogP contribution in [0.4, 0.5) is 5.69 Å². The predicted molar refractivity (Wildman–Crippen MR) is 101 cm³/mol. The summed E-state index contributed by atoms with van der Waals surface area (Å²) in [7, 11) is -2.55. The molecule has 5 nitrogen and oxygen atoms in total. The molecule has 0 unspecified atom stereocenters. The molecule has 3 aromatic rings. The van der Waals surface area contributed by atoms with Gasteiger partial charge in [-0.1, -0.05) is 35.3 Å². The molecule has 26 heavy (non-hydrogen) atoms. The summed E-state index contributed by atoms with van der Waals surface area (Å²) in [5.74, 6) is -0.241. The Kier molecular flexibility index (Phi) is 3.87. The standard InChI is InChI=1S/C18H11Cl2NO4S/c1-21-14-7-8-16(11-3-2-4-12(17(11)14)18(21)22)26(23,24)25-15-9-10(19)5-6-13(15)20/h2-9H,1H3. The molecule has 0 saturated heterocycles. The van der Waals surface area contributed by atoms with E-state index in [1.807, 2.05) is 0 Å². The normalized spacial score (nSPS) is 13.5. The van der Waals surface area contributed by atoms with Crippen LogP contribution in [0.3, 0.4) is 0 Å². The van der Waals surface area contributed by atoms with Crippen LogP contribution in [-0.4, -0.2) is 21.4 Å². The molecule has 1 heterocycles. The minimum Gasteiger partial charge on any atom is -0.377 e. The van der Waals surface area contributed by atoms with Gasteiger partial charge in [-0.2, -0.15) is 8.42 Å². The smallest absolute Gasteiger partial charge is 0.339 e. The topological polar surface area (TPSA) is 63.7 Å². The summed E-state index contributed by atoms with van der Waals surface area (Å²) in [6.45, 7) is 0. The van der Waals surface area contributed by atoms with Crippen molar-refractivity contribution in [3.05, 3.63) is 64.1 Å². The molecule has 0 N–H and O–H groups in total. The van der Waals surface area contributed by atoms with Gasteiger partial charge in [-0.25, -0.2) is 0 Å². The Bertz CT molecular complexity index is 1190. The van der Waals surface area contributed by atoms with Crippen LogP contribution in [0.2, 0.25) is 10.0 Å². The largest absolute Gasteiger partial charge is 0.377 e. The maximum Gasteiger partial charge on any atom is 0.339 e. The number of amides is 1. The Labute approximate surface area is 159 Å². The maximum absolute atomic E-state index is 12.9. The Morgan fingerprint density at radius 2 is 1.81 bits per heavy atom. The maximum atomic E-state index is 12.9. The van der Waals surface area contributed by atoms with Crippen LogP contribution in [0, 0.1) is 0 Å². The van der Waals surface area contributed by atoms with E-state index < -0.39 is 10.1 Å². The van der Waals surface area contributed by atoms with Gasteiger partial charge in [0.1, 0.15) is 4.90 Å². The first kappa shape index (κ1) is 17.1. The lowest BCUT2D eigenvalue weighted by atomic mass is 10.1. The number of carbonyl (C=O) groups excluding carboxylic acids is 1. The number of benzene rings is 3. The number of anilines is 1. The Morgan fingerprint density at radius 3 is 2.58 bits per heavy atom. The van der Waals surface area contributed by atoms with Gasteiger partial charge in [0.25, 0.3) is 5.91 Å². The lowest BCUT2D eigenvalue weighted by Gasteiger charge is -2.13. The highest BCUT2D eigenvalue weighted by atomic mass is 35.5. The van der Waals surface area contributed by atoms with Crippen molar-refractivity contribution in [3.8, 4) is 5.75 Å². The van der Waals surface area contributed by atoms with Crippen LogP contribution >= 0.6 is 23.2 Å². The molecule has 0 aromatic heterocycles. The molecular weight excluding hydrogens is 397 g/mol. The first-order valence-electron chi connectivity index (χ1n) is 7.53. The Morgan fingerprint density at radius 1 is 1.04 bits per heavy atom. The van der Waals surface area contributed by atoms with E-state index in [1.54, 1.807) is 31.3 Å². The molecule has 4 rings (SSSR count). The number of hydrogen-bond donors (Lipinski definition) is 0. The third kappa shape index (κ3) is 2.53. The van der Waals surface area contributed by atoms with Crippen molar-refractivity contribution in [3.63, 3.8) is 0 Å². The van der Waals surface area contributed by atoms with Crippen LogP contribution in [0.1, 0.15) is 10.4 Å². The SMILES string of the molecule is CN1C(=O)c2cccc3c(S(=O)(=O)Oc4cc(Cl)ccc4Cl)ccc1c23. The van der Waals surface area contributed by atoms with Gasteiger partial charge in [0.15, 0.2) is 5.75 Å². The molecule has 0 radical (unpaired) electrons.